The van der Waals surface area contributed by atoms with Crippen LogP contribution in [0.25, 0.3) is 16.9 Å². The Hall–Kier alpha value is -3.51. The molecule has 156 valence electrons. The molecule has 0 spiro atoms. The highest BCUT2D eigenvalue weighted by atomic mass is 32.1. The molecule has 0 aliphatic rings. The molecule has 0 radical (unpaired) electrons. The lowest BCUT2D eigenvalue weighted by atomic mass is 10.1. The van der Waals surface area contributed by atoms with Crippen LogP contribution in [0.2, 0.25) is 0 Å². The summed E-state index contributed by atoms with van der Waals surface area (Å²) < 4.78 is 22.7. The van der Waals surface area contributed by atoms with Gasteiger partial charge in [0.25, 0.3) is 0 Å². The first-order valence-electron chi connectivity index (χ1n) is 9.85. The van der Waals surface area contributed by atoms with Gasteiger partial charge in [0.15, 0.2) is 4.77 Å². The molecular weight excluding hydrogens is 411 g/mol. The van der Waals surface area contributed by atoms with Crippen molar-refractivity contribution in [1.29, 1.82) is 0 Å². The number of imidazole rings is 1. The fourth-order valence-corrected chi connectivity index (χ4v) is 3.99. The van der Waals surface area contributed by atoms with E-state index in [1.54, 1.807) is 16.7 Å². The summed E-state index contributed by atoms with van der Waals surface area (Å²) in [7, 11) is 1.37. The Bertz CT molecular complexity index is 1230. The second kappa shape index (κ2) is 9.10. The van der Waals surface area contributed by atoms with Gasteiger partial charge in [-0.05, 0) is 42.0 Å². The molecule has 0 saturated carbocycles. The number of methoxy groups -OCH3 is 1. The fraction of sp³-hybridized carbons (Fsp3) is 0.120. The molecule has 1 atom stereocenters. The number of esters is 1. The number of halogens is 1. The molecular formula is C25H21FN2O2S. The van der Waals surface area contributed by atoms with Gasteiger partial charge in [-0.2, -0.15) is 0 Å². The van der Waals surface area contributed by atoms with E-state index in [2.05, 4.69) is 0 Å². The number of aromatic nitrogens is 2. The molecule has 0 N–H and O–H groups in total. The van der Waals surface area contributed by atoms with Gasteiger partial charge >= 0.3 is 5.97 Å². The lowest BCUT2D eigenvalue weighted by molar-refractivity contribution is -0.144. The zero-order chi connectivity index (χ0) is 21.8. The Balaban J connectivity index is 1.90. The molecule has 0 aliphatic heterocycles. The largest absolute Gasteiger partial charge is 0.467 e. The van der Waals surface area contributed by atoms with E-state index in [4.69, 9.17) is 17.0 Å². The number of rotatable bonds is 6. The molecule has 3 aromatic carbocycles. The second-order valence-corrected chi connectivity index (χ2v) is 7.48. The molecule has 0 amide bonds. The summed E-state index contributed by atoms with van der Waals surface area (Å²) in [6.45, 7) is 0. The number of benzene rings is 3. The smallest absolute Gasteiger partial charge is 0.329 e. The number of carbonyl (C=O) groups excluding carboxylic acids is 1. The van der Waals surface area contributed by atoms with Crippen molar-refractivity contribution in [1.82, 2.24) is 9.13 Å². The van der Waals surface area contributed by atoms with E-state index in [1.807, 2.05) is 71.4 Å². The third-order valence-corrected chi connectivity index (χ3v) is 5.54. The molecule has 6 heteroatoms. The van der Waals surface area contributed by atoms with Crippen molar-refractivity contribution in [2.75, 3.05) is 7.11 Å². The molecule has 4 rings (SSSR count). The lowest BCUT2D eigenvalue weighted by Crippen LogP contribution is -2.23. The first-order chi connectivity index (χ1) is 15.1. The van der Waals surface area contributed by atoms with Gasteiger partial charge in [-0.3, -0.25) is 4.57 Å². The van der Waals surface area contributed by atoms with Gasteiger partial charge in [0.05, 0.1) is 12.8 Å². The van der Waals surface area contributed by atoms with E-state index >= 15 is 0 Å². The van der Waals surface area contributed by atoms with E-state index in [9.17, 15) is 9.18 Å². The van der Waals surface area contributed by atoms with Gasteiger partial charge in [-0.25, -0.2) is 9.18 Å². The standard InChI is InChI=1S/C25H21FN2O2S/c1-30-24(29)22(16-18-8-4-2-5-9-18)27-17-23(19-10-6-3-7-11-19)28(25(27)31)21-14-12-20(26)13-15-21/h2-15,17,22H,16H2,1H3/t22-/m0/s1. The van der Waals surface area contributed by atoms with Crippen LogP contribution in [0.5, 0.6) is 0 Å². The minimum atomic E-state index is -0.635. The van der Waals surface area contributed by atoms with Crippen LogP contribution in [0.1, 0.15) is 11.6 Å². The van der Waals surface area contributed by atoms with Gasteiger partial charge in [-0.15, -0.1) is 0 Å². The summed E-state index contributed by atoms with van der Waals surface area (Å²) in [6, 6.07) is 25.0. The van der Waals surface area contributed by atoms with Crippen LogP contribution in [-0.2, 0) is 16.0 Å². The minimum Gasteiger partial charge on any atom is -0.467 e. The van der Waals surface area contributed by atoms with Crippen LogP contribution in [0, 0.1) is 10.6 Å². The quantitative estimate of drug-likeness (QED) is 0.287. The third-order valence-electron chi connectivity index (χ3n) is 5.15. The predicted molar refractivity (Wildman–Crippen MR) is 121 cm³/mol. The van der Waals surface area contributed by atoms with E-state index in [1.165, 1.54) is 19.2 Å². The number of carbonyl (C=O) groups is 1. The Morgan fingerprint density at radius 2 is 1.58 bits per heavy atom. The zero-order valence-corrected chi connectivity index (χ0v) is 17.8. The van der Waals surface area contributed by atoms with Crippen molar-refractivity contribution < 1.29 is 13.9 Å². The SMILES string of the molecule is COC(=O)[C@H](Cc1ccccc1)n1cc(-c2ccccc2)n(-c2ccc(F)cc2)c1=S. The molecule has 4 aromatic rings. The first-order valence-corrected chi connectivity index (χ1v) is 10.3. The van der Waals surface area contributed by atoms with Crippen molar-refractivity contribution in [3.05, 3.63) is 107 Å². The van der Waals surface area contributed by atoms with Crippen LogP contribution in [0.15, 0.2) is 91.1 Å². The highest BCUT2D eigenvalue weighted by Gasteiger charge is 2.25. The number of ether oxygens (including phenoxy) is 1. The van der Waals surface area contributed by atoms with Gasteiger partial charge in [-0.1, -0.05) is 60.7 Å². The van der Waals surface area contributed by atoms with E-state index in [-0.39, 0.29) is 11.8 Å². The Morgan fingerprint density at radius 1 is 0.968 bits per heavy atom. The van der Waals surface area contributed by atoms with Gasteiger partial charge in [0, 0.05) is 23.9 Å². The van der Waals surface area contributed by atoms with Crippen LogP contribution < -0.4 is 0 Å². The van der Waals surface area contributed by atoms with Crippen LogP contribution in [-0.4, -0.2) is 22.2 Å². The van der Waals surface area contributed by atoms with Crippen molar-refractivity contribution >= 4 is 18.2 Å². The Labute approximate surface area is 185 Å². The predicted octanol–water partition coefficient (Wildman–Crippen LogP) is 5.77. The topological polar surface area (TPSA) is 36.2 Å². The minimum absolute atomic E-state index is 0.326. The molecule has 0 bridgehead atoms. The van der Waals surface area contributed by atoms with Crippen molar-refractivity contribution in [2.45, 2.75) is 12.5 Å². The molecule has 0 unspecified atom stereocenters. The fourth-order valence-electron chi connectivity index (χ4n) is 3.61. The van der Waals surface area contributed by atoms with Crippen molar-refractivity contribution in [2.24, 2.45) is 0 Å². The second-order valence-electron chi connectivity index (χ2n) is 7.11. The lowest BCUT2D eigenvalue weighted by Gasteiger charge is -2.16. The van der Waals surface area contributed by atoms with Gasteiger partial charge < -0.3 is 9.30 Å². The van der Waals surface area contributed by atoms with Crippen LogP contribution >= 0.6 is 12.2 Å². The van der Waals surface area contributed by atoms with Crippen molar-refractivity contribution in [3.63, 3.8) is 0 Å². The summed E-state index contributed by atoms with van der Waals surface area (Å²) in [5.74, 6) is -0.705. The molecule has 1 aromatic heterocycles. The molecule has 4 nitrogen and oxygen atoms in total. The molecule has 31 heavy (non-hydrogen) atoms. The molecule has 1 heterocycles. The normalized spacial score (nSPS) is 11.8. The number of nitrogens with zero attached hydrogens (tertiary/aromatic N) is 2. The van der Waals surface area contributed by atoms with Gasteiger partial charge in [0.1, 0.15) is 11.9 Å². The maximum Gasteiger partial charge on any atom is 0.329 e. The third kappa shape index (κ3) is 4.34. The monoisotopic (exact) mass is 432 g/mol. The van der Waals surface area contributed by atoms with E-state index in [0.29, 0.717) is 16.9 Å². The molecule has 0 saturated heterocycles. The van der Waals surface area contributed by atoms with Crippen molar-refractivity contribution in [3.8, 4) is 16.9 Å². The van der Waals surface area contributed by atoms with Crippen LogP contribution in [0.3, 0.4) is 0 Å². The Morgan fingerprint density at radius 3 is 2.19 bits per heavy atom. The summed E-state index contributed by atoms with van der Waals surface area (Å²) in [4.78, 5) is 12.8. The van der Waals surface area contributed by atoms with E-state index in [0.717, 1.165) is 16.8 Å². The number of hydrogen-bond acceptors (Lipinski definition) is 3. The zero-order valence-electron chi connectivity index (χ0n) is 16.9. The van der Waals surface area contributed by atoms with Crippen LogP contribution in [0.4, 0.5) is 4.39 Å². The maximum absolute atomic E-state index is 13.6. The summed E-state index contributed by atoms with van der Waals surface area (Å²) in [5.41, 5.74) is 3.45. The molecule has 0 aliphatic carbocycles. The highest BCUT2D eigenvalue weighted by molar-refractivity contribution is 7.71. The maximum atomic E-state index is 13.6. The summed E-state index contributed by atoms with van der Waals surface area (Å²) in [6.07, 6.45) is 2.30. The summed E-state index contributed by atoms with van der Waals surface area (Å²) in [5, 5.41) is 0. The Kier molecular flexibility index (Phi) is 6.09. The average Bonchev–Trinajstić information content (AvgIpc) is 3.15. The number of hydrogen-bond donors (Lipinski definition) is 0. The van der Waals surface area contributed by atoms with Gasteiger partial charge in [0.2, 0.25) is 0 Å². The van der Waals surface area contributed by atoms with E-state index < -0.39 is 6.04 Å². The molecule has 0 fully saturated rings. The summed E-state index contributed by atoms with van der Waals surface area (Å²) >= 11 is 5.81. The first kappa shape index (κ1) is 20.8. The average molecular weight is 433 g/mol. The highest BCUT2D eigenvalue weighted by Crippen LogP contribution is 2.28.